The summed E-state index contributed by atoms with van der Waals surface area (Å²) in [6.45, 7) is 2.55. The van der Waals surface area contributed by atoms with E-state index in [0.717, 1.165) is 19.3 Å². The van der Waals surface area contributed by atoms with Gasteiger partial charge in [-0.3, -0.25) is 4.79 Å². The molecule has 0 spiro atoms. The summed E-state index contributed by atoms with van der Waals surface area (Å²) in [5.74, 6) is 0.925. The van der Waals surface area contributed by atoms with Crippen molar-refractivity contribution in [1.82, 2.24) is 10.2 Å². The van der Waals surface area contributed by atoms with Crippen LogP contribution in [-0.4, -0.2) is 43.4 Å². The average Bonchev–Trinajstić information content (AvgIpc) is 2.46. The van der Waals surface area contributed by atoms with Gasteiger partial charge in [0.25, 0.3) is 15.9 Å². The van der Waals surface area contributed by atoms with Gasteiger partial charge >= 0.3 is 0 Å². The predicted molar refractivity (Wildman–Crippen MR) is 84.7 cm³/mol. The zero-order chi connectivity index (χ0) is 15.7. The Kier molecular flexibility index (Phi) is 4.08. The molecule has 6 nitrogen and oxygen atoms in total. The predicted octanol–water partition coefficient (Wildman–Crippen LogP) is 1.18. The number of amidine groups is 1. The Morgan fingerprint density at radius 1 is 1.36 bits per heavy atom. The van der Waals surface area contributed by atoms with E-state index in [-0.39, 0.29) is 17.7 Å². The van der Waals surface area contributed by atoms with Gasteiger partial charge in [0.05, 0.1) is 11.3 Å². The van der Waals surface area contributed by atoms with E-state index >= 15 is 0 Å². The van der Waals surface area contributed by atoms with E-state index in [4.69, 9.17) is 0 Å². The first kappa shape index (κ1) is 15.3. The second kappa shape index (κ2) is 5.87. The van der Waals surface area contributed by atoms with Crippen LogP contribution in [-0.2, 0) is 14.8 Å². The van der Waals surface area contributed by atoms with E-state index in [1.807, 2.05) is 0 Å². The van der Waals surface area contributed by atoms with Crippen LogP contribution < -0.4 is 5.32 Å². The summed E-state index contributed by atoms with van der Waals surface area (Å²) in [5.41, 5.74) is 0.552. The Morgan fingerprint density at radius 3 is 2.95 bits per heavy atom. The van der Waals surface area contributed by atoms with Crippen molar-refractivity contribution in [3.05, 3.63) is 23.9 Å². The minimum atomic E-state index is -3.35. The van der Waals surface area contributed by atoms with Crippen LogP contribution in [0.3, 0.4) is 0 Å². The molecule has 2 heterocycles. The lowest BCUT2D eigenvalue weighted by atomic mass is 9.87. The number of nitrogens with zero attached hydrogens (tertiary/aromatic N) is 2. The zero-order valence-electron chi connectivity index (χ0n) is 12.7. The fraction of sp³-hybridized carbons (Fsp3) is 0.600. The van der Waals surface area contributed by atoms with Gasteiger partial charge in [-0.1, -0.05) is 19.8 Å². The molecule has 3 rings (SSSR count). The summed E-state index contributed by atoms with van der Waals surface area (Å²) in [7, 11) is -3.35. The van der Waals surface area contributed by atoms with Crippen molar-refractivity contribution in [2.45, 2.75) is 38.6 Å². The molecular formula is C15H21N3O3S. The summed E-state index contributed by atoms with van der Waals surface area (Å²) in [6.07, 6.45) is 9.36. The molecule has 2 unspecified atom stereocenters. The molecule has 0 radical (unpaired) electrons. The summed E-state index contributed by atoms with van der Waals surface area (Å²) in [5, 5.41) is 3.09. The molecule has 2 atom stereocenters. The van der Waals surface area contributed by atoms with Gasteiger partial charge in [-0.2, -0.15) is 0 Å². The lowest BCUT2D eigenvalue weighted by Crippen LogP contribution is -2.41. The Bertz CT molecular complexity index is 664. The molecule has 0 aromatic carbocycles. The van der Waals surface area contributed by atoms with Crippen LogP contribution in [0.25, 0.3) is 0 Å². The van der Waals surface area contributed by atoms with Crippen molar-refractivity contribution in [3.8, 4) is 0 Å². The maximum atomic E-state index is 12.4. The summed E-state index contributed by atoms with van der Waals surface area (Å²) < 4.78 is 26.6. The van der Waals surface area contributed by atoms with Gasteiger partial charge in [-0.15, -0.1) is 4.40 Å². The maximum absolute atomic E-state index is 12.4. The molecular weight excluding hydrogens is 302 g/mol. The highest BCUT2D eigenvalue weighted by Gasteiger charge is 2.26. The van der Waals surface area contributed by atoms with Gasteiger partial charge in [0.1, 0.15) is 5.84 Å². The molecule has 0 aromatic heterocycles. The van der Waals surface area contributed by atoms with Crippen molar-refractivity contribution in [1.29, 1.82) is 0 Å². The first-order chi connectivity index (χ1) is 10.4. The van der Waals surface area contributed by atoms with E-state index in [9.17, 15) is 13.2 Å². The number of hydrogen-bond donors (Lipinski definition) is 1. The van der Waals surface area contributed by atoms with Crippen LogP contribution in [0.1, 0.15) is 32.6 Å². The summed E-state index contributed by atoms with van der Waals surface area (Å²) in [4.78, 5) is 14.1. The van der Waals surface area contributed by atoms with Crippen LogP contribution in [0.4, 0.5) is 0 Å². The zero-order valence-corrected chi connectivity index (χ0v) is 13.5. The Labute approximate surface area is 131 Å². The van der Waals surface area contributed by atoms with Crippen molar-refractivity contribution in [2.24, 2.45) is 10.3 Å². The van der Waals surface area contributed by atoms with E-state index in [1.54, 1.807) is 23.3 Å². The number of fused-ring (bicyclic) bond motifs is 1. The van der Waals surface area contributed by atoms with Crippen LogP contribution in [0.15, 0.2) is 28.3 Å². The van der Waals surface area contributed by atoms with Gasteiger partial charge in [0.2, 0.25) is 0 Å². The second-order valence-electron chi connectivity index (χ2n) is 6.29. The molecule has 7 heteroatoms. The van der Waals surface area contributed by atoms with E-state index < -0.39 is 10.0 Å². The highest BCUT2D eigenvalue weighted by atomic mass is 32.2. The van der Waals surface area contributed by atoms with Crippen molar-refractivity contribution in [3.63, 3.8) is 0 Å². The molecule has 0 bridgehead atoms. The van der Waals surface area contributed by atoms with Crippen LogP contribution in [0.5, 0.6) is 0 Å². The minimum absolute atomic E-state index is 0.0180. The van der Waals surface area contributed by atoms with E-state index in [1.165, 1.54) is 6.42 Å². The lowest BCUT2D eigenvalue weighted by molar-refractivity contribution is -0.118. The van der Waals surface area contributed by atoms with E-state index in [0.29, 0.717) is 23.9 Å². The average molecular weight is 323 g/mol. The third-order valence-corrected chi connectivity index (χ3v) is 5.52. The molecule has 0 saturated heterocycles. The summed E-state index contributed by atoms with van der Waals surface area (Å²) >= 11 is 0. The van der Waals surface area contributed by atoms with Crippen LogP contribution in [0.2, 0.25) is 0 Å². The molecule has 0 aromatic rings. The number of carbonyl (C=O) groups is 1. The Hall–Kier alpha value is -1.63. The highest BCUT2D eigenvalue weighted by Crippen LogP contribution is 2.24. The maximum Gasteiger partial charge on any atom is 0.256 e. The molecule has 2 aliphatic heterocycles. The van der Waals surface area contributed by atoms with Gasteiger partial charge in [0.15, 0.2) is 0 Å². The number of carbonyl (C=O) groups excluding carboxylic acids is 1. The number of hydrogen-bond acceptors (Lipinski definition) is 4. The number of sulfonamides is 1. The number of amides is 1. The topological polar surface area (TPSA) is 78.8 Å². The minimum Gasteiger partial charge on any atom is -0.349 e. The fourth-order valence-corrected chi connectivity index (χ4v) is 4.14. The van der Waals surface area contributed by atoms with Gasteiger partial charge in [0, 0.05) is 18.8 Å². The van der Waals surface area contributed by atoms with Crippen LogP contribution in [0, 0.1) is 5.92 Å². The van der Waals surface area contributed by atoms with Gasteiger partial charge < -0.3 is 10.2 Å². The molecule has 120 valence electrons. The third kappa shape index (κ3) is 3.40. The van der Waals surface area contributed by atoms with Gasteiger partial charge in [-0.05, 0) is 30.9 Å². The smallest absolute Gasteiger partial charge is 0.256 e. The number of rotatable bonds is 2. The molecule has 1 saturated carbocycles. The Morgan fingerprint density at radius 2 is 2.18 bits per heavy atom. The second-order valence-corrected chi connectivity index (χ2v) is 8.04. The van der Waals surface area contributed by atoms with Crippen molar-refractivity contribution in [2.75, 3.05) is 12.3 Å². The van der Waals surface area contributed by atoms with Gasteiger partial charge in [-0.25, -0.2) is 8.42 Å². The molecule has 1 amide bonds. The molecule has 1 fully saturated rings. The normalized spacial score (nSPS) is 30.1. The third-order valence-electron chi connectivity index (χ3n) is 4.36. The first-order valence-corrected chi connectivity index (χ1v) is 9.34. The molecule has 1 N–H and O–H groups in total. The quantitative estimate of drug-likeness (QED) is 0.827. The van der Waals surface area contributed by atoms with E-state index in [2.05, 4.69) is 16.6 Å². The molecule has 1 aliphatic carbocycles. The van der Waals surface area contributed by atoms with Crippen molar-refractivity contribution < 1.29 is 13.2 Å². The largest absolute Gasteiger partial charge is 0.349 e. The van der Waals surface area contributed by atoms with Crippen LogP contribution >= 0.6 is 0 Å². The first-order valence-electron chi connectivity index (χ1n) is 7.73. The Balaban J connectivity index is 1.68. The highest BCUT2D eigenvalue weighted by molar-refractivity contribution is 7.90. The van der Waals surface area contributed by atoms with Crippen molar-refractivity contribution >= 4 is 21.8 Å². The fourth-order valence-electron chi connectivity index (χ4n) is 3.17. The standard InChI is InChI=1S/C15H21N3O3S/c1-11-3-2-4-13(9-11)16-15(19)12-5-6-14-17-22(20,21)8-7-18(14)10-12/h5-6,10-11,13H,2-4,7-9H2,1H3,(H,16,19). The SMILES string of the molecule is CC1CCCC(NC(=O)C2=CN3CCS(=O)(=O)N=C3C=C2)C1. The number of nitrogens with one attached hydrogen (secondary N) is 1. The summed E-state index contributed by atoms with van der Waals surface area (Å²) in [6, 6.07) is 0.238. The monoisotopic (exact) mass is 323 g/mol. The molecule has 22 heavy (non-hydrogen) atoms. The molecule has 3 aliphatic rings. The lowest BCUT2D eigenvalue weighted by Gasteiger charge is -2.29.